The van der Waals surface area contributed by atoms with Crippen LogP contribution >= 0.6 is 0 Å². The average molecular weight is 292 g/mol. The van der Waals surface area contributed by atoms with Gasteiger partial charge in [0.1, 0.15) is 11.5 Å². The lowest BCUT2D eigenvalue weighted by molar-refractivity contribution is -0.128. The van der Waals surface area contributed by atoms with Crippen LogP contribution in [0.3, 0.4) is 0 Å². The van der Waals surface area contributed by atoms with Crippen LogP contribution in [-0.4, -0.2) is 44.0 Å². The standard InChI is InChI=1S/C15H20N2O4/c1-20-12-5-10(6-13(8-12)21-2)3-4-17-9-11(15(16)19)7-14(17)18/h5-6,8,11H,3-4,7,9H2,1-2H3,(H2,16,19). The number of hydrogen-bond acceptors (Lipinski definition) is 4. The molecular formula is C15H20N2O4. The molecule has 1 heterocycles. The molecule has 0 saturated carbocycles. The predicted octanol–water partition coefficient (Wildman–Crippen LogP) is 0.580. The Bertz CT molecular complexity index is 522. The van der Waals surface area contributed by atoms with E-state index in [4.69, 9.17) is 15.2 Å². The summed E-state index contributed by atoms with van der Waals surface area (Å²) in [7, 11) is 3.19. The molecule has 0 aromatic heterocycles. The number of nitrogens with zero attached hydrogens (tertiary/aromatic N) is 1. The highest BCUT2D eigenvalue weighted by Crippen LogP contribution is 2.24. The van der Waals surface area contributed by atoms with Gasteiger partial charge in [0, 0.05) is 25.6 Å². The molecule has 2 N–H and O–H groups in total. The molecule has 1 aromatic carbocycles. The minimum Gasteiger partial charge on any atom is -0.497 e. The first-order valence-corrected chi connectivity index (χ1v) is 6.82. The molecule has 6 heteroatoms. The maximum atomic E-state index is 11.8. The fraction of sp³-hybridized carbons (Fsp3) is 0.467. The van der Waals surface area contributed by atoms with E-state index in [1.165, 1.54) is 0 Å². The maximum absolute atomic E-state index is 11.8. The number of carbonyl (C=O) groups is 2. The SMILES string of the molecule is COc1cc(CCN2CC(C(N)=O)CC2=O)cc(OC)c1. The quantitative estimate of drug-likeness (QED) is 0.831. The number of rotatable bonds is 6. The number of nitrogens with two attached hydrogens (primary N) is 1. The largest absolute Gasteiger partial charge is 0.497 e. The minimum absolute atomic E-state index is 0.0198. The molecule has 2 amide bonds. The Labute approximate surface area is 123 Å². The van der Waals surface area contributed by atoms with E-state index in [9.17, 15) is 9.59 Å². The normalized spacial score (nSPS) is 17.9. The second-order valence-corrected chi connectivity index (χ2v) is 5.11. The summed E-state index contributed by atoms with van der Waals surface area (Å²) in [5.74, 6) is 0.638. The molecule has 1 unspecified atom stereocenters. The summed E-state index contributed by atoms with van der Waals surface area (Å²) in [6.45, 7) is 0.966. The number of hydrogen-bond donors (Lipinski definition) is 1. The molecule has 1 aliphatic rings. The van der Waals surface area contributed by atoms with Gasteiger partial charge in [-0.25, -0.2) is 0 Å². The van der Waals surface area contributed by atoms with Crippen LogP contribution in [0.15, 0.2) is 18.2 Å². The summed E-state index contributed by atoms with van der Waals surface area (Å²) < 4.78 is 10.4. The fourth-order valence-corrected chi connectivity index (χ4v) is 2.45. The van der Waals surface area contributed by atoms with Crippen molar-refractivity contribution in [2.75, 3.05) is 27.3 Å². The van der Waals surface area contributed by atoms with E-state index >= 15 is 0 Å². The average Bonchev–Trinajstić information content (AvgIpc) is 2.86. The molecule has 21 heavy (non-hydrogen) atoms. The summed E-state index contributed by atoms with van der Waals surface area (Å²) in [5.41, 5.74) is 6.27. The molecule has 0 bridgehead atoms. The van der Waals surface area contributed by atoms with Gasteiger partial charge in [-0.05, 0) is 24.1 Å². The second kappa shape index (κ2) is 6.47. The molecule has 2 rings (SSSR count). The third-order valence-electron chi connectivity index (χ3n) is 3.70. The Morgan fingerprint density at radius 1 is 1.29 bits per heavy atom. The minimum atomic E-state index is -0.408. The molecule has 114 valence electrons. The van der Waals surface area contributed by atoms with Crippen molar-refractivity contribution in [3.8, 4) is 11.5 Å². The lowest BCUT2D eigenvalue weighted by atomic mass is 10.1. The first kappa shape index (κ1) is 15.2. The Kier molecular flexibility index (Phi) is 4.67. The van der Waals surface area contributed by atoms with Crippen LogP contribution < -0.4 is 15.2 Å². The van der Waals surface area contributed by atoms with Crippen molar-refractivity contribution in [3.63, 3.8) is 0 Å². The second-order valence-electron chi connectivity index (χ2n) is 5.11. The van der Waals surface area contributed by atoms with Crippen molar-refractivity contribution < 1.29 is 19.1 Å². The first-order chi connectivity index (χ1) is 10.0. The zero-order valence-electron chi connectivity index (χ0n) is 12.3. The monoisotopic (exact) mass is 292 g/mol. The summed E-state index contributed by atoms with van der Waals surface area (Å²) in [5, 5.41) is 0. The van der Waals surface area contributed by atoms with Crippen molar-refractivity contribution in [2.24, 2.45) is 11.7 Å². The van der Waals surface area contributed by atoms with Gasteiger partial charge in [0.25, 0.3) is 0 Å². The molecule has 0 spiro atoms. The fourth-order valence-electron chi connectivity index (χ4n) is 2.45. The summed E-state index contributed by atoms with van der Waals surface area (Å²) in [6.07, 6.45) is 0.890. The highest BCUT2D eigenvalue weighted by atomic mass is 16.5. The van der Waals surface area contributed by atoms with Gasteiger partial charge in [0.15, 0.2) is 0 Å². The van der Waals surface area contributed by atoms with E-state index < -0.39 is 5.91 Å². The zero-order chi connectivity index (χ0) is 15.4. The lowest BCUT2D eigenvalue weighted by Crippen LogP contribution is -2.30. The Morgan fingerprint density at radius 2 is 1.90 bits per heavy atom. The predicted molar refractivity (Wildman–Crippen MR) is 77.1 cm³/mol. The number of ether oxygens (including phenoxy) is 2. The van der Waals surface area contributed by atoms with Crippen molar-refractivity contribution >= 4 is 11.8 Å². The van der Waals surface area contributed by atoms with Gasteiger partial charge in [-0.2, -0.15) is 0 Å². The van der Waals surface area contributed by atoms with Gasteiger partial charge in [0.2, 0.25) is 11.8 Å². The number of methoxy groups -OCH3 is 2. The molecule has 0 radical (unpaired) electrons. The number of primary amides is 1. The van der Waals surface area contributed by atoms with Gasteiger partial charge < -0.3 is 20.1 Å². The van der Waals surface area contributed by atoms with E-state index in [2.05, 4.69) is 0 Å². The first-order valence-electron chi connectivity index (χ1n) is 6.82. The van der Waals surface area contributed by atoms with Crippen LogP contribution in [0.25, 0.3) is 0 Å². The van der Waals surface area contributed by atoms with Gasteiger partial charge in [0.05, 0.1) is 20.1 Å². The lowest BCUT2D eigenvalue weighted by Gasteiger charge is -2.16. The number of likely N-dealkylation sites (tertiary alicyclic amines) is 1. The number of carbonyl (C=O) groups excluding carboxylic acids is 2. The van der Waals surface area contributed by atoms with Crippen LogP contribution in [0.1, 0.15) is 12.0 Å². The molecule has 1 aromatic rings. The number of amides is 2. The van der Waals surface area contributed by atoms with Crippen LogP contribution in [0.2, 0.25) is 0 Å². The van der Waals surface area contributed by atoms with E-state index in [0.717, 1.165) is 5.56 Å². The highest BCUT2D eigenvalue weighted by Gasteiger charge is 2.32. The van der Waals surface area contributed by atoms with E-state index in [-0.39, 0.29) is 18.2 Å². The topological polar surface area (TPSA) is 81.9 Å². The van der Waals surface area contributed by atoms with Crippen molar-refractivity contribution in [3.05, 3.63) is 23.8 Å². The molecule has 1 aliphatic heterocycles. The molecule has 1 saturated heterocycles. The van der Waals surface area contributed by atoms with E-state index in [1.807, 2.05) is 12.1 Å². The van der Waals surface area contributed by atoms with Crippen LogP contribution in [0.4, 0.5) is 0 Å². The highest BCUT2D eigenvalue weighted by molar-refractivity contribution is 5.88. The smallest absolute Gasteiger partial charge is 0.223 e. The van der Waals surface area contributed by atoms with Crippen molar-refractivity contribution in [1.82, 2.24) is 4.90 Å². The van der Waals surface area contributed by atoms with Crippen molar-refractivity contribution in [2.45, 2.75) is 12.8 Å². The Balaban J connectivity index is 2.00. The molecule has 1 atom stereocenters. The molecule has 1 fully saturated rings. The summed E-state index contributed by atoms with van der Waals surface area (Å²) in [6, 6.07) is 5.62. The molecule has 0 aliphatic carbocycles. The van der Waals surface area contributed by atoms with E-state index in [1.54, 1.807) is 25.2 Å². The summed E-state index contributed by atoms with van der Waals surface area (Å²) >= 11 is 0. The summed E-state index contributed by atoms with van der Waals surface area (Å²) in [4.78, 5) is 24.7. The van der Waals surface area contributed by atoms with E-state index in [0.29, 0.717) is 31.0 Å². The maximum Gasteiger partial charge on any atom is 0.223 e. The van der Waals surface area contributed by atoms with Gasteiger partial charge >= 0.3 is 0 Å². The zero-order valence-corrected chi connectivity index (χ0v) is 12.3. The van der Waals surface area contributed by atoms with Crippen LogP contribution in [0.5, 0.6) is 11.5 Å². The van der Waals surface area contributed by atoms with Crippen molar-refractivity contribution in [1.29, 1.82) is 0 Å². The number of benzene rings is 1. The van der Waals surface area contributed by atoms with Crippen LogP contribution in [-0.2, 0) is 16.0 Å². The van der Waals surface area contributed by atoms with Crippen LogP contribution in [0, 0.1) is 5.92 Å². The molecule has 6 nitrogen and oxygen atoms in total. The van der Waals surface area contributed by atoms with Gasteiger partial charge in [-0.15, -0.1) is 0 Å². The Hall–Kier alpha value is -2.24. The third-order valence-corrected chi connectivity index (χ3v) is 3.70. The third kappa shape index (κ3) is 3.65. The Morgan fingerprint density at radius 3 is 2.38 bits per heavy atom. The van der Waals surface area contributed by atoms with Gasteiger partial charge in [-0.3, -0.25) is 9.59 Å². The molecular weight excluding hydrogens is 272 g/mol. The van der Waals surface area contributed by atoms with Gasteiger partial charge in [-0.1, -0.05) is 0 Å².